The minimum atomic E-state index is -1.81. The molecule has 0 radical (unpaired) electrons. The number of benzene rings is 2. The molecule has 0 bridgehead atoms. The molecule has 0 saturated carbocycles. The van der Waals surface area contributed by atoms with Crippen LogP contribution in [0.3, 0.4) is 0 Å². The molecule has 0 spiro atoms. The van der Waals surface area contributed by atoms with E-state index in [-0.39, 0.29) is 22.3 Å². The van der Waals surface area contributed by atoms with Crippen LogP contribution in [0.15, 0.2) is 24.3 Å². The van der Waals surface area contributed by atoms with Crippen molar-refractivity contribution in [1.29, 1.82) is 0 Å². The van der Waals surface area contributed by atoms with Crippen LogP contribution in [0, 0.1) is 0 Å². The molecular formula is C26H42O2Si2. The van der Waals surface area contributed by atoms with E-state index in [9.17, 15) is 10.2 Å². The van der Waals surface area contributed by atoms with Gasteiger partial charge in [-0.05, 0) is 44.5 Å². The molecule has 0 aliphatic heterocycles. The van der Waals surface area contributed by atoms with Gasteiger partial charge >= 0.3 is 0 Å². The summed E-state index contributed by atoms with van der Waals surface area (Å²) in [6, 6.07) is 8.38. The van der Waals surface area contributed by atoms with Crippen molar-refractivity contribution in [3.05, 3.63) is 35.4 Å². The summed E-state index contributed by atoms with van der Waals surface area (Å²) in [4.78, 5) is 0. The second-order valence-corrected chi connectivity index (χ2v) is 22.9. The molecular weight excluding hydrogens is 400 g/mol. The van der Waals surface area contributed by atoms with Crippen LogP contribution in [-0.4, -0.2) is 26.4 Å². The number of phenols is 2. The molecule has 2 rings (SSSR count). The summed E-state index contributed by atoms with van der Waals surface area (Å²) < 4.78 is 0. The van der Waals surface area contributed by atoms with Crippen molar-refractivity contribution in [2.75, 3.05) is 0 Å². The Bertz CT molecular complexity index is 868. The minimum Gasteiger partial charge on any atom is -0.507 e. The second kappa shape index (κ2) is 7.56. The van der Waals surface area contributed by atoms with Crippen LogP contribution in [0.1, 0.15) is 52.7 Å². The molecule has 2 aromatic rings. The normalized spacial score (nSPS) is 13.6. The van der Waals surface area contributed by atoms with Crippen molar-refractivity contribution < 1.29 is 10.2 Å². The van der Waals surface area contributed by atoms with Crippen LogP contribution >= 0.6 is 0 Å². The maximum atomic E-state index is 11.3. The third kappa shape index (κ3) is 5.02. The zero-order chi connectivity index (χ0) is 23.4. The number of aromatic hydroxyl groups is 2. The fourth-order valence-electron chi connectivity index (χ4n) is 3.83. The van der Waals surface area contributed by atoms with Gasteiger partial charge < -0.3 is 10.2 Å². The molecule has 0 heterocycles. The summed E-state index contributed by atoms with van der Waals surface area (Å²) in [5, 5.41) is 25.1. The Labute approximate surface area is 186 Å². The lowest BCUT2D eigenvalue weighted by atomic mass is 9.84. The van der Waals surface area contributed by atoms with Gasteiger partial charge in [-0.1, -0.05) is 93.0 Å². The van der Waals surface area contributed by atoms with Crippen LogP contribution in [0.2, 0.25) is 39.3 Å². The molecule has 0 amide bonds. The van der Waals surface area contributed by atoms with Gasteiger partial charge in [0.1, 0.15) is 11.5 Å². The monoisotopic (exact) mass is 442 g/mol. The van der Waals surface area contributed by atoms with E-state index < -0.39 is 16.1 Å². The zero-order valence-electron chi connectivity index (χ0n) is 21.2. The molecule has 30 heavy (non-hydrogen) atoms. The summed E-state index contributed by atoms with van der Waals surface area (Å²) in [5.41, 5.74) is 3.87. The minimum absolute atomic E-state index is 0.0514. The second-order valence-electron chi connectivity index (χ2n) is 12.8. The Kier molecular flexibility index (Phi) is 6.23. The highest BCUT2D eigenvalue weighted by atomic mass is 28.3. The summed E-state index contributed by atoms with van der Waals surface area (Å²) in [7, 11) is -3.63. The molecule has 2 N–H and O–H groups in total. The average Bonchev–Trinajstić information content (AvgIpc) is 2.50. The van der Waals surface area contributed by atoms with Crippen molar-refractivity contribution in [2.24, 2.45) is 0 Å². The summed E-state index contributed by atoms with van der Waals surface area (Å²) in [6.45, 7) is 26.9. The van der Waals surface area contributed by atoms with Crippen LogP contribution in [0.4, 0.5) is 0 Å². The fourth-order valence-corrected chi connectivity index (χ4v) is 7.01. The first-order chi connectivity index (χ1) is 13.2. The van der Waals surface area contributed by atoms with Gasteiger partial charge in [0.05, 0.1) is 16.1 Å². The van der Waals surface area contributed by atoms with Crippen LogP contribution in [-0.2, 0) is 10.8 Å². The molecule has 0 atom stereocenters. The maximum Gasteiger partial charge on any atom is 0.123 e. The molecule has 4 heteroatoms. The Balaban J connectivity index is 3.04. The Hall–Kier alpha value is -1.53. The Morgan fingerprint density at radius 3 is 1.00 bits per heavy atom. The van der Waals surface area contributed by atoms with Gasteiger partial charge in [-0.15, -0.1) is 0 Å². The first kappa shape index (κ1) is 24.7. The lowest BCUT2D eigenvalue weighted by Crippen LogP contribution is -2.44. The van der Waals surface area contributed by atoms with Crippen molar-refractivity contribution in [2.45, 2.75) is 91.7 Å². The standard InChI is InChI=1S/C26H42O2Si2/c1-25(2,3)17-13-19(27)23(21(15-17)29(7,8)9)24-20(28)14-18(26(4,5)6)16-22(24)30(10,11)12/h13-16,27-28H,1-12H3. The lowest BCUT2D eigenvalue weighted by molar-refractivity contribution is 0.465. The van der Waals surface area contributed by atoms with Gasteiger partial charge in [0.25, 0.3) is 0 Å². The quantitative estimate of drug-likeness (QED) is 0.536. The van der Waals surface area contributed by atoms with Crippen molar-refractivity contribution in [1.82, 2.24) is 0 Å². The van der Waals surface area contributed by atoms with E-state index in [4.69, 9.17) is 0 Å². The van der Waals surface area contributed by atoms with Gasteiger partial charge in [-0.2, -0.15) is 0 Å². The largest absolute Gasteiger partial charge is 0.507 e. The smallest absolute Gasteiger partial charge is 0.123 e. The SMILES string of the molecule is CC(C)(C)c1cc(O)c(-c2c(O)cc(C(C)(C)C)cc2[Si](C)(C)C)c([Si](C)(C)C)c1. The van der Waals surface area contributed by atoms with Crippen LogP contribution in [0.5, 0.6) is 11.5 Å². The molecule has 2 nitrogen and oxygen atoms in total. The van der Waals surface area contributed by atoms with Crippen molar-refractivity contribution in [3.8, 4) is 22.6 Å². The molecule has 0 aliphatic rings. The number of hydrogen-bond acceptors (Lipinski definition) is 2. The topological polar surface area (TPSA) is 40.5 Å². The molecule has 0 aromatic heterocycles. The van der Waals surface area contributed by atoms with E-state index in [0.717, 1.165) is 22.3 Å². The van der Waals surface area contributed by atoms with Gasteiger partial charge in [0.2, 0.25) is 0 Å². The highest BCUT2D eigenvalue weighted by Gasteiger charge is 2.33. The van der Waals surface area contributed by atoms with E-state index >= 15 is 0 Å². The predicted molar refractivity (Wildman–Crippen MR) is 139 cm³/mol. The molecule has 0 saturated heterocycles. The highest BCUT2D eigenvalue weighted by molar-refractivity contribution is 6.91. The number of phenolic OH excluding ortho intramolecular Hbond substituents is 2. The molecule has 2 aromatic carbocycles. The maximum absolute atomic E-state index is 11.3. The summed E-state index contributed by atoms with van der Waals surface area (Å²) >= 11 is 0. The van der Waals surface area contributed by atoms with Gasteiger partial charge in [-0.3, -0.25) is 0 Å². The highest BCUT2D eigenvalue weighted by Crippen LogP contribution is 2.40. The van der Waals surface area contributed by atoms with Crippen LogP contribution in [0.25, 0.3) is 11.1 Å². The van der Waals surface area contributed by atoms with E-state index in [1.165, 1.54) is 10.4 Å². The van der Waals surface area contributed by atoms with Gasteiger partial charge in [-0.25, -0.2) is 0 Å². The third-order valence-corrected chi connectivity index (χ3v) is 9.85. The van der Waals surface area contributed by atoms with E-state index in [1.54, 1.807) is 0 Å². The molecule has 166 valence electrons. The summed E-state index contributed by atoms with van der Waals surface area (Å²) in [6.07, 6.45) is 0. The van der Waals surface area contributed by atoms with Crippen molar-refractivity contribution in [3.63, 3.8) is 0 Å². The van der Waals surface area contributed by atoms with E-state index in [2.05, 4.69) is 93.0 Å². The Morgan fingerprint density at radius 2 is 0.800 bits per heavy atom. The van der Waals surface area contributed by atoms with Crippen molar-refractivity contribution >= 4 is 26.5 Å². The first-order valence-corrected chi connectivity index (χ1v) is 18.0. The summed E-state index contributed by atoms with van der Waals surface area (Å²) in [5.74, 6) is 0.580. The lowest BCUT2D eigenvalue weighted by Gasteiger charge is -2.31. The van der Waals surface area contributed by atoms with Gasteiger partial charge in [0.15, 0.2) is 0 Å². The van der Waals surface area contributed by atoms with Crippen LogP contribution < -0.4 is 10.4 Å². The first-order valence-electron chi connectivity index (χ1n) is 11.0. The van der Waals surface area contributed by atoms with E-state index in [0.29, 0.717) is 0 Å². The molecule has 0 aliphatic carbocycles. The third-order valence-electron chi connectivity index (χ3n) is 5.83. The van der Waals surface area contributed by atoms with E-state index in [1.807, 2.05) is 12.1 Å². The average molecular weight is 443 g/mol. The zero-order valence-corrected chi connectivity index (χ0v) is 23.2. The number of rotatable bonds is 3. The molecule has 0 fully saturated rings. The van der Waals surface area contributed by atoms with Gasteiger partial charge in [0, 0.05) is 11.1 Å². The number of hydrogen-bond donors (Lipinski definition) is 2. The molecule has 0 unspecified atom stereocenters. The Morgan fingerprint density at radius 1 is 0.533 bits per heavy atom. The predicted octanol–water partition coefficient (Wildman–Crippen LogP) is 6.45. The fraction of sp³-hybridized carbons (Fsp3) is 0.538.